The summed E-state index contributed by atoms with van der Waals surface area (Å²) >= 11 is 3.56. The lowest BCUT2D eigenvalue weighted by Crippen LogP contribution is -2.03. The summed E-state index contributed by atoms with van der Waals surface area (Å²) in [6, 6.07) is 6.46. The highest BCUT2D eigenvalue weighted by molar-refractivity contribution is 9.10. The zero-order valence-corrected chi connectivity index (χ0v) is 13.4. The van der Waals surface area contributed by atoms with Gasteiger partial charge in [0, 0.05) is 16.7 Å². The van der Waals surface area contributed by atoms with Crippen LogP contribution in [0.1, 0.15) is 36.7 Å². The SMILES string of the molecule is Cc1cc(OCc2ccn(C(C)C)n2)cc(C)c1Br. The van der Waals surface area contributed by atoms with Gasteiger partial charge >= 0.3 is 0 Å². The van der Waals surface area contributed by atoms with E-state index in [1.165, 1.54) is 11.1 Å². The number of aryl methyl sites for hydroxylation is 2. The third-order valence-corrected chi connectivity index (χ3v) is 4.24. The van der Waals surface area contributed by atoms with Gasteiger partial charge in [0.15, 0.2) is 0 Å². The average molecular weight is 323 g/mol. The quantitative estimate of drug-likeness (QED) is 0.833. The number of aromatic nitrogens is 2. The molecular formula is C15H19BrN2O. The Morgan fingerprint density at radius 1 is 1.26 bits per heavy atom. The van der Waals surface area contributed by atoms with Gasteiger partial charge in [-0.2, -0.15) is 5.10 Å². The Labute approximate surface area is 122 Å². The summed E-state index contributed by atoms with van der Waals surface area (Å²) in [6.07, 6.45) is 1.99. The largest absolute Gasteiger partial charge is 0.487 e. The molecule has 102 valence electrons. The van der Waals surface area contributed by atoms with Crippen LogP contribution < -0.4 is 4.74 Å². The van der Waals surface area contributed by atoms with Crippen LogP contribution in [-0.4, -0.2) is 9.78 Å². The van der Waals surface area contributed by atoms with E-state index in [0.717, 1.165) is 15.9 Å². The minimum Gasteiger partial charge on any atom is -0.487 e. The molecule has 0 atom stereocenters. The van der Waals surface area contributed by atoms with Gasteiger partial charge in [0.2, 0.25) is 0 Å². The van der Waals surface area contributed by atoms with Gasteiger partial charge in [0.1, 0.15) is 12.4 Å². The fourth-order valence-electron chi connectivity index (χ4n) is 1.89. The lowest BCUT2D eigenvalue weighted by molar-refractivity contribution is 0.298. The summed E-state index contributed by atoms with van der Waals surface area (Å²) in [5.41, 5.74) is 3.32. The molecule has 0 saturated heterocycles. The van der Waals surface area contributed by atoms with Gasteiger partial charge in [-0.1, -0.05) is 15.9 Å². The molecule has 0 saturated carbocycles. The topological polar surface area (TPSA) is 27.1 Å². The van der Waals surface area contributed by atoms with Crippen molar-refractivity contribution in [2.24, 2.45) is 0 Å². The molecule has 3 nitrogen and oxygen atoms in total. The number of halogens is 1. The molecule has 0 spiro atoms. The third kappa shape index (κ3) is 3.38. The van der Waals surface area contributed by atoms with Crippen molar-refractivity contribution in [1.29, 1.82) is 0 Å². The first kappa shape index (κ1) is 14.1. The molecule has 1 heterocycles. The van der Waals surface area contributed by atoms with Crippen LogP contribution in [0.15, 0.2) is 28.9 Å². The second kappa shape index (κ2) is 5.78. The fraction of sp³-hybridized carbons (Fsp3) is 0.400. The van der Waals surface area contributed by atoms with E-state index in [2.05, 4.69) is 48.7 Å². The van der Waals surface area contributed by atoms with Gasteiger partial charge in [-0.3, -0.25) is 4.68 Å². The van der Waals surface area contributed by atoms with Crippen molar-refractivity contribution < 1.29 is 4.74 Å². The van der Waals surface area contributed by atoms with Crippen LogP contribution in [0.4, 0.5) is 0 Å². The van der Waals surface area contributed by atoms with Gasteiger partial charge < -0.3 is 4.74 Å². The first-order valence-corrected chi connectivity index (χ1v) is 7.20. The summed E-state index contributed by atoms with van der Waals surface area (Å²) in [7, 11) is 0. The third-order valence-electron chi connectivity index (χ3n) is 2.99. The van der Waals surface area contributed by atoms with Crippen molar-refractivity contribution in [3.05, 3.63) is 45.7 Å². The minimum atomic E-state index is 0.380. The highest BCUT2D eigenvalue weighted by Crippen LogP contribution is 2.26. The van der Waals surface area contributed by atoms with Crippen LogP contribution in [-0.2, 0) is 6.61 Å². The van der Waals surface area contributed by atoms with Crippen LogP contribution in [0.2, 0.25) is 0 Å². The Hall–Kier alpha value is -1.29. The summed E-state index contributed by atoms with van der Waals surface area (Å²) in [5.74, 6) is 0.886. The van der Waals surface area contributed by atoms with Gasteiger partial charge in [0.25, 0.3) is 0 Å². The molecule has 0 fully saturated rings. The van der Waals surface area contributed by atoms with E-state index in [9.17, 15) is 0 Å². The molecule has 0 bridgehead atoms. The maximum atomic E-state index is 5.81. The van der Waals surface area contributed by atoms with Crippen molar-refractivity contribution in [1.82, 2.24) is 9.78 Å². The summed E-state index contributed by atoms with van der Waals surface area (Å²) in [4.78, 5) is 0. The average Bonchev–Trinajstić information content (AvgIpc) is 2.82. The molecule has 0 amide bonds. The molecule has 0 aliphatic rings. The minimum absolute atomic E-state index is 0.380. The van der Waals surface area contributed by atoms with Crippen molar-refractivity contribution >= 4 is 15.9 Å². The number of nitrogens with zero attached hydrogens (tertiary/aromatic N) is 2. The van der Waals surface area contributed by atoms with Crippen LogP contribution >= 0.6 is 15.9 Å². The molecule has 19 heavy (non-hydrogen) atoms. The van der Waals surface area contributed by atoms with Crippen LogP contribution in [0.3, 0.4) is 0 Å². The number of hydrogen-bond donors (Lipinski definition) is 0. The molecule has 0 aliphatic heterocycles. The smallest absolute Gasteiger partial charge is 0.132 e. The van der Waals surface area contributed by atoms with Crippen molar-refractivity contribution in [3.8, 4) is 5.75 Å². The molecule has 0 unspecified atom stereocenters. The van der Waals surface area contributed by atoms with Crippen molar-refractivity contribution in [3.63, 3.8) is 0 Å². The van der Waals surface area contributed by atoms with Crippen molar-refractivity contribution in [2.45, 2.75) is 40.3 Å². The normalized spacial score (nSPS) is 11.1. The molecular weight excluding hydrogens is 304 g/mol. The Balaban J connectivity index is 2.06. The fourth-order valence-corrected chi connectivity index (χ4v) is 2.12. The number of ether oxygens (including phenoxy) is 1. The van der Waals surface area contributed by atoms with Crippen LogP contribution in [0.5, 0.6) is 5.75 Å². The number of rotatable bonds is 4. The molecule has 2 aromatic rings. The lowest BCUT2D eigenvalue weighted by atomic mass is 10.1. The maximum Gasteiger partial charge on any atom is 0.132 e. The predicted molar refractivity (Wildman–Crippen MR) is 80.6 cm³/mol. The van der Waals surface area contributed by atoms with E-state index in [0.29, 0.717) is 12.6 Å². The van der Waals surface area contributed by atoms with E-state index in [-0.39, 0.29) is 0 Å². The van der Waals surface area contributed by atoms with E-state index in [1.807, 2.05) is 29.1 Å². The molecule has 1 aromatic carbocycles. The second-order valence-corrected chi connectivity index (χ2v) is 5.83. The van der Waals surface area contributed by atoms with Gasteiger partial charge in [-0.25, -0.2) is 0 Å². The van der Waals surface area contributed by atoms with Crippen LogP contribution in [0.25, 0.3) is 0 Å². The number of benzene rings is 1. The summed E-state index contributed by atoms with van der Waals surface area (Å²) in [6.45, 7) is 8.85. The molecule has 2 rings (SSSR count). The Kier molecular flexibility index (Phi) is 4.30. The van der Waals surface area contributed by atoms with Crippen LogP contribution in [0, 0.1) is 13.8 Å². The Morgan fingerprint density at radius 2 is 1.89 bits per heavy atom. The first-order chi connectivity index (χ1) is 8.97. The predicted octanol–water partition coefficient (Wildman–Crippen LogP) is 4.42. The number of hydrogen-bond acceptors (Lipinski definition) is 2. The highest BCUT2D eigenvalue weighted by atomic mass is 79.9. The van der Waals surface area contributed by atoms with Gasteiger partial charge in [0.05, 0.1) is 5.69 Å². The van der Waals surface area contributed by atoms with E-state index < -0.39 is 0 Å². The Bertz CT molecular complexity index is 552. The van der Waals surface area contributed by atoms with Gasteiger partial charge in [-0.15, -0.1) is 0 Å². The lowest BCUT2D eigenvalue weighted by Gasteiger charge is -2.09. The van der Waals surface area contributed by atoms with E-state index in [1.54, 1.807) is 0 Å². The standard InChI is InChI=1S/C15H19BrN2O/c1-10(2)18-6-5-13(17-18)9-19-14-7-11(3)15(16)12(4)8-14/h5-8,10H,9H2,1-4H3. The molecule has 4 heteroatoms. The molecule has 0 N–H and O–H groups in total. The molecule has 0 aliphatic carbocycles. The summed E-state index contributed by atoms with van der Waals surface area (Å²) < 4.78 is 8.89. The zero-order valence-electron chi connectivity index (χ0n) is 11.8. The van der Waals surface area contributed by atoms with E-state index in [4.69, 9.17) is 4.74 Å². The van der Waals surface area contributed by atoms with Crippen molar-refractivity contribution in [2.75, 3.05) is 0 Å². The zero-order chi connectivity index (χ0) is 14.0. The highest BCUT2D eigenvalue weighted by Gasteiger charge is 2.05. The summed E-state index contributed by atoms with van der Waals surface area (Å²) in [5, 5.41) is 4.47. The molecule has 1 aromatic heterocycles. The first-order valence-electron chi connectivity index (χ1n) is 6.41. The second-order valence-electron chi connectivity index (χ2n) is 5.04. The molecule has 0 radical (unpaired) electrons. The van der Waals surface area contributed by atoms with E-state index >= 15 is 0 Å². The Morgan fingerprint density at radius 3 is 2.42 bits per heavy atom. The van der Waals surface area contributed by atoms with Gasteiger partial charge in [-0.05, 0) is 57.0 Å². The monoisotopic (exact) mass is 322 g/mol. The maximum absolute atomic E-state index is 5.81.